The number of carbonyl (C=O) groups excluding carboxylic acids is 1. The second-order valence-electron chi connectivity index (χ2n) is 5.52. The number of methoxy groups -OCH3 is 1. The normalized spacial score (nSPS) is 29.4. The molecule has 0 aliphatic carbocycles. The number of hydrogen-bond acceptors (Lipinski definition) is 3. The van der Waals surface area contributed by atoms with Gasteiger partial charge in [0.15, 0.2) is 5.60 Å². The molecule has 104 valence electrons. The minimum Gasteiger partial charge on any atom is -0.467 e. The van der Waals surface area contributed by atoms with Crippen molar-refractivity contribution in [1.82, 2.24) is 0 Å². The number of ether oxygens (including phenoxy) is 2. The van der Waals surface area contributed by atoms with Crippen molar-refractivity contribution < 1.29 is 14.3 Å². The van der Waals surface area contributed by atoms with Crippen molar-refractivity contribution in [3.05, 3.63) is 34.9 Å². The van der Waals surface area contributed by atoms with Gasteiger partial charge in [-0.1, -0.05) is 37.6 Å². The summed E-state index contributed by atoms with van der Waals surface area (Å²) < 4.78 is 10.7. The van der Waals surface area contributed by atoms with Crippen LogP contribution in [0.25, 0.3) is 0 Å². The van der Waals surface area contributed by atoms with E-state index in [9.17, 15) is 4.79 Å². The molecule has 1 aliphatic rings. The predicted molar refractivity (Wildman–Crippen MR) is 74.2 cm³/mol. The second-order valence-corrected chi connectivity index (χ2v) is 5.95. The zero-order valence-electron chi connectivity index (χ0n) is 11.7. The van der Waals surface area contributed by atoms with Crippen LogP contribution in [0.1, 0.15) is 26.3 Å². The van der Waals surface area contributed by atoms with Gasteiger partial charge in [-0.3, -0.25) is 0 Å². The second kappa shape index (κ2) is 4.80. The topological polar surface area (TPSA) is 38.8 Å². The van der Waals surface area contributed by atoms with E-state index in [0.29, 0.717) is 11.4 Å². The van der Waals surface area contributed by atoms with E-state index in [-0.39, 0.29) is 11.9 Å². The van der Waals surface area contributed by atoms with Gasteiger partial charge < -0.3 is 9.47 Å². The minimum atomic E-state index is -0.832. The molecule has 1 aromatic carbocycles. The summed E-state index contributed by atoms with van der Waals surface area (Å²) in [6, 6.07) is 7.60. The summed E-state index contributed by atoms with van der Waals surface area (Å²) in [5, 5.41) is 0.703. The van der Waals surface area contributed by atoms with Crippen LogP contribution >= 0.6 is 11.6 Å². The highest BCUT2D eigenvalue weighted by molar-refractivity contribution is 6.30. The van der Waals surface area contributed by atoms with Gasteiger partial charge in [0.05, 0.1) is 7.11 Å². The molecule has 0 amide bonds. The molecule has 0 saturated carbocycles. The van der Waals surface area contributed by atoms with Gasteiger partial charge in [0.2, 0.25) is 0 Å². The van der Waals surface area contributed by atoms with E-state index in [2.05, 4.69) is 0 Å². The molecule has 1 heterocycles. The SMILES string of the molecule is COC(=O)C1(C(C)C)OC1(C)Cc1ccc(Cl)cc1. The van der Waals surface area contributed by atoms with Crippen LogP contribution in [0.5, 0.6) is 0 Å². The van der Waals surface area contributed by atoms with Crippen LogP contribution < -0.4 is 0 Å². The highest BCUT2D eigenvalue weighted by atomic mass is 35.5. The summed E-state index contributed by atoms with van der Waals surface area (Å²) in [5.41, 5.74) is -0.248. The highest BCUT2D eigenvalue weighted by Crippen LogP contribution is 2.55. The molecule has 0 bridgehead atoms. The van der Waals surface area contributed by atoms with Crippen molar-refractivity contribution >= 4 is 17.6 Å². The van der Waals surface area contributed by atoms with Crippen molar-refractivity contribution in [3.8, 4) is 0 Å². The Morgan fingerprint density at radius 2 is 1.95 bits per heavy atom. The molecular weight excluding hydrogens is 264 g/mol. The van der Waals surface area contributed by atoms with Crippen molar-refractivity contribution in [2.24, 2.45) is 5.92 Å². The van der Waals surface area contributed by atoms with E-state index in [4.69, 9.17) is 21.1 Å². The molecule has 2 atom stereocenters. The third kappa shape index (κ3) is 2.26. The monoisotopic (exact) mass is 282 g/mol. The third-order valence-corrected chi connectivity index (χ3v) is 4.14. The average Bonchev–Trinajstić information content (AvgIpc) is 2.99. The maximum absolute atomic E-state index is 12.0. The summed E-state index contributed by atoms with van der Waals surface area (Å²) in [7, 11) is 1.40. The number of carbonyl (C=O) groups is 1. The van der Waals surface area contributed by atoms with Crippen molar-refractivity contribution in [3.63, 3.8) is 0 Å². The summed E-state index contributed by atoms with van der Waals surface area (Å²) >= 11 is 5.87. The fraction of sp³-hybridized carbons (Fsp3) is 0.533. The number of benzene rings is 1. The molecular formula is C15H19ClO3. The van der Waals surface area contributed by atoms with E-state index < -0.39 is 11.2 Å². The van der Waals surface area contributed by atoms with E-state index in [1.165, 1.54) is 7.11 Å². The number of rotatable bonds is 4. The summed E-state index contributed by atoms with van der Waals surface area (Å²) in [6.45, 7) is 5.91. The number of hydrogen-bond donors (Lipinski definition) is 0. The van der Waals surface area contributed by atoms with Gasteiger partial charge in [-0.2, -0.15) is 0 Å². The van der Waals surface area contributed by atoms with Crippen LogP contribution in [-0.4, -0.2) is 24.3 Å². The molecule has 0 aromatic heterocycles. The van der Waals surface area contributed by atoms with E-state index in [1.807, 2.05) is 45.0 Å². The Morgan fingerprint density at radius 3 is 2.42 bits per heavy atom. The van der Waals surface area contributed by atoms with Crippen LogP contribution in [-0.2, 0) is 20.7 Å². The van der Waals surface area contributed by atoms with Gasteiger partial charge in [0, 0.05) is 11.4 Å². The largest absolute Gasteiger partial charge is 0.467 e. The number of esters is 1. The van der Waals surface area contributed by atoms with Crippen LogP contribution in [0.4, 0.5) is 0 Å². The van der Waals surface area contributed by atoms with Crippen LogP contribution in [0.3, 0.4) is 0 Å². The molecule has 4 heteroatoms. The van der Waals surface area contributed by atoms with Crippen molar-refractivity contribution in [2.45, 2.75) is 38.4 Å². The molecule has 3 nitrogen and oxygen atoms in total. The summed E-state index contributed by atoms with van der Waals surface area (Å²) in [6.07, 6.45) is 0.664. The molecule has 1 aliphatic heterocycles. The van der Waals surface area contributed by atoms with Gasteiger partial charge in [0.1, 0.15) is 5.60 Å². The first kappa shape index (κ1) is 14.4. The fourth-order valence-corrected chi connectivity index (χ4v) is 2.99. The van der Waals surface area contributed by atoms with E-state index in [1.54, 1.807) is 0 Å². The first-order valence-electron chi connectivity index (χ1n) is 6.39. The van der Waals surface area contributed by atoms with Crippen molar-refractivity contribution in [2.75, 3.05) is 7.11 Å². The minimum absolute atomic E-state index is 0.0669. The number of epoxide rings is 1. The lowest BCUT2D eigenvalue weighted by atomic mass is 9.81. The molecule has 2 unspecified atom stereocenters. The third-order valence-electron chi connectivity index (χ3n) is 3.89. The Kier molecular flexibility index (Phi) is 3.63. The molecule has 0 radical (unpaired) electrons. The zero-order valence-corrected chi connectivity index (χ0v) is 12.5. The highest BCUT2D eigenvalue weighted by Gasteiger charge is 2.73. The Morgan fingerprint density at radius 1 is 1.37 bits per heavy atom. The molecule has 0 spiro atoms. The van der Waals surface area contributed by atoms with Gasteiger partial charge in [-0.25, -0.2) is 4.79 Å². The molecule has 1 fully saturated rings. The lowest BCUT2D eigenvalue weighted by Crippen LogP contribution is -2.39. The maximum atomic E-state index is 12.0. The quantitative estimate of drug-likeness (QED) is 0.629. The average molecular weight is 283 g/mol. The summed E-state index contributed by atoms with van der Waals surface area (Å²) in [4.78, 5) is 12.0. The first-order valence-corrected chi connectivity index (χ1v) is 6.76. The Bertz CT molecular complexity index is 483. The van der Waals surface area contributed by atoms with E-state index >= 15 is 0 Å². The lowest BCUT2D eigenvalue weighted by molar-refractivity contribution is -0.148. The first-order chi connectivity index (χ1) is 8.85. The molecule has 19 heavy (non-hydrogen) atoms. The maximum Gasteiger partial charge on any atom is 0.341 e. The van der Waals surface area contributed by atoms with E-state index in [0.717, 1.165) is 5.56 Å². The Balaban J connectivity index is 2.21. The van der Waals surface area contributed by atoms with Gasteiger partial charge in [-0.05, 0) is 30.5 Å². The van der Waals surface area contributed by atoms with Gasteiger partial charge in [-0.15, -0.1) is 0 Å². The molecule has 0 N–H and O–H groups in total. The van der Waals surface area contributed by atoms with Crippen molar-refractivity contribution in [1.29, 1.82) is 0 Å². The lowest BCUT2D eigenvalue weighted by Gasteiger charge is -2.18. The van der Waals surface area contributed by atoms with Crippen LogP contribution in [0, 0.1) is 5.92 Å². The Hall–Kier alpha value is -1.06. The predicted octanol–water partition coefficient (Wildman–Crippen LogP) is 3.24. The zero-order chi connectivity index (χ0) is 14.3. The smallest absolute Gasteiger partial charge is 0.341 e. The van der Waals surface area contributed by atoms with Gasteiger partial charge in [0.25, 0.3) is 0 Å². The summed E-state index contributed by atoms with van der Waals surface area (Å²) in [5.74, 6) is -0.226. The number of halogens is 1. The Labute approximate surface area is 118 Å². The molecule has 1 aromatic rings. The van der Waals surface area contributed by atoms with Crippen LogP contribution in [0.15, 0.2) is 24.3 Å². The fourth-order valence-electron chi connectivity index (χ4n) is 2.86. The molecule has 2 rings (SSSR count). The van der Waals surface area contributed by atoms with Crippen LogP contribution in [0.2, 0.25) is 5.02 Å². The van der Waals surface area contributed by atoms with Gasteiger partial charge >= 0.3 is 5.97 Å². The molecule has 1 saturated heterocycles. The standard InChI is InChI=1S/C15H19ClO3/c1-10(2)15(13(17)18-4)14(3,19-15)9-11-5-7-12(16)8-6-11/h5-8,10H,9H2,1-4H3.